The van der Waals surface area contributed by atoms with Crippen molar-refractivity contribution in [2.45, 2.75) is 32.4 Å². The van der Waals surface area contributed by atoms with Crippen LogP contribution in [0.5, 0.6) is 0 Å². The number of nitrogens with zero attached hydrogens (tertiary/aromatic N) is 1. The van der Waals surface area contributed by atoms with E-state index in [4.69, 9.17) is 4.74 Å². The Kier molecular flexibility index (Phi) is 3.09. The van der Waals surface area contributed by atoms with Gasteiger partial charge in [-0.25, -0.2) is 15.2 Å². The van der Waals surface area contributed by atoms with E-state index < -0.39 is 11.7 Å². The summed E-state index contributed by atoms with van der Waals surface area (Å²) in [6, 6.07) is -0.150. The van der Waals surface area contributed by atoms with Crippen LogP contribution in [0.4, 0.5) is 4.79 Å². The number of aldehydes is 1. The molecule has 0 saturated carbocycles. The Balaban J connectivity index is 2.24. The summed E-state index contributed by atoms with van der Waals surface area (Å²) in [6.07, 6.45) is 7.47. The van der Waals surface area contributed by atoms with Crippen molar-refractivity contribution < 1.29 is 14.3 Å². The lowest BCUT2D eigenvalue weighted by Crippen LogP contribution is -2.44. The van der Waals surface area contributed by atoms with Gasteiger partial charge in [0.15, 0.2) is 6.29 Å². The van der Waals surface area contributed by atoms with Crippen molar-refractivity contribution in [3.8, 4) is 0 Å². The van der Waals surface area contributed by atoms with Gasteiger partial charge in [0.1, 0.15) is 11.3 Å². The fraction of sp³-hybridized carbons (Fsp3) is 0.385. The number of hydrazine groups is 1. The molecule has 1 unspecified atom stereocenters. The number of hydrogen-bond donors (Lipinski definition) is 1. The zero-order valence-corrected chi connectivity index (χ0v) is 10.6. The number of allylic oxidation sites excluding steroid dienone is 3. The van der Waals surface area contributed by atoms with Crippen LogP contribution in [0.2, 0.25) is 0 Å². The Bertz CT molecular complexity index is 469. The van der Waals surface area contributed by atoms with Crippen molar-refractivity contribution in [2.75, 3.05) is 0 Å². The van der Waals surface area contributed by atoms with Crippen molar-refractivity contribution in [3.05, 3.63) is 35.6 Å². The van der Waals surface area contributed by atoms with Crippen molar-refractivity contribution in [3.63, 3.8) is 0 Å². The Morgan fingerprint density at radius 3 is 2.78 bits per heavy atom. The van der Waals surface area contributed by atoms with E-state index in [2.05, 4.69) is 5.43 Å². The highest BCUT2D eigenvalue weighted by Crippen LogP contribution is 2.25. The number of fused-ring (bicyclic) bond motifs is 1. The van der Waals surface area contributed by atoms with Crippen LogP contribution >= 0.6 is 0 Å². The van der Waals surface area contributed by atoms with Gasteiger partial charge in [-0.3, -0.25) is 4.79 Å². The first kappa shape index (κ1) is 12.6. The summed E-state index contributed by atoms with van der Waals surface area (Å²) < 4.78 is 5.24. The first-order valence-corrected chi connectivity index (χ1v) is 5.76. The Hall–Kier alpha value is -1.88. The molecule has 0 spiro atoms. The number of ether oxygens (including phenoxy) is 1. The van der Waals surface area contributed by atoms with Gasteiger partial charge in [0.25, 0.3) is 0 Å². The van der Waals surface area contributed by atoms with Crippen molar-refractivity contribution in [1.82, 2.24) is 10.4 Å². The second-order valence-electron chi connectivity index (χ2n) is 5.12. The largest absolute Gasteiger partial charge is 0.442 e. The second kappa shape index (κ2) is 4.42. The minimum atomic E-state index is -0.600. The van der Waals surface area contributed by atoms with Crippen molar-refractivity contribution in [1.29, 1.82) is 0 Å². The first-order valence-electron chi connectivity index (χ1n) is 5.76. The van der Waals surface area contributed by atoms with Crippen LogP contribution in [-0.4, -0.2) is 29.0 Å². The predicted octanol–water partition coefficient (Wildman–Crippen LogP) is 1.69. The Morgan fingerprint density at radius 2 is 2.17 bits per heavy atom. The molecule has 0 fully saturated rings. The Labute approximate surface area is 106 Å². The van der Waals surface area contributed by atoms with Crippen LogP contribution < -0.4 is 5.43 Å². The Morgan fingerprint density at radius 1 is 1.44 bits per heavy atom. The summed E-state index contributed by atoms with van der Waals surface area (Å²) in [5.41, 5.74) is 3.41. The number of rotatable bonds is 1. The maximum Gasteiger partial charge on any atom is 0.429 e. The van der Waals surface area contributed by atoms with Crippen LogP contribution in [0.25, 0.3) is 0 Å². The van der Waals surface area contributed by atoms with E-state index in [0.717, 1.165) is 10.6 Å². The molecule has 2 rings (SSSR count). The molecule has 0 radical (unpaired) electrons. The molecule has 1 aliphatic carbocycles. The van der Waals surface area contributed by atoms with E-state index in [0.29, 0.717) is 12.0 Å². The number of hydrogen-bond acceptors (Lipinski definition) is 4. The van der Waals surface area contributed by atoms with Gasteiger partial charge in [0.2, 0.25) is 0 Å². The molecule has 5 heteroatoms. The van der Waals surface area contributed by atoms with Gasteiger partial charge in [0.05, 0.1) is 6.04 Å². The molecule has 18 heavy (non-hydrogen) atoms. The van der Waals surface area contributed by atoms with Gasteiger partial charge in [-0.2, -0.15) is 0 Å². The van der Waals surface area contributed by atoms with Crippen LogP contribution in [0.1, 0.15) is 20.8 Å². The lowest BCUT2D eigenvalue weighted by molar-refractivity contribution is -0.106. The number of nitrogens with one attached hydrogen (secondary N) is 1. The maximum absolute atomic E-state index is 12.0. The summed E-state index contributed by atoms with van der Waals surface area (Å²) in [4.78, 5) is 23.1. The zero-order valence-electron chi connectivity index (χ0n) is 10.6. The molecule has 1 amide bonds. The van der Waals surface area contributed by atoms with Gasteiger partial charge >= 0.3 is 6.09 Å². The lowest BCUT2D eigenvalue weighted by Gasteiger charge is -2.25. The summed E-state index contributed by atoms with van der Waals surface area (Å²) >= 11 is 0. The molecule has 0 aromatic carbocycles. The summed E-state index contributed by atoms with van der Waals surface area (Å²) in [5.74, 6) is 0. The van der Waals surface area contributed by atoms with Crippen LogP contribution in [-0.2, 0) is 9.53 Å². The fourth-order valence-electron chi connectivity index (χ4n) is 1.82. The molecular formula is C13H16N2O3. The smallest absolute Gasteiger partial charge is 0.429 e. The quantitative estimate of drug-likeness (QED) is 0.717. The maximum atomic E-state index is 12.0. The first-order chi connectivity index (χ1) is 8.42. The average Bonchev–Trinajstić information content (AvgIpc) is 2.65. The highest BCUT2D eigenvalue weighted by molar-refractivity contribution is 5.85. The molecule has 0 bridgehead atoms. The summed E-state index contributed by atoms with van der Waals surface area (Å²) in [5, 5.41) is 1.16. The van der Waals surface area contributed by atoms with Gasteiger partial charge in [-0.05, 0) is 20.8 Å². The van der Waals surface area contributed by atoms with E-state index in [1.807, 2.05) is 24.3 Å². The van der Waals surface area contributed by atoms with E-state index in [9.17, 15) is 9.59 Å². The normalized spacial score (nSPS) is 22.2. The van der Waals surface area contributed by atoms with Crippen LogP contribution in [0.15, 0.2) is 35.6 Å². The molecular weight excluding hydrogens is 232 g/mol. The van der Waals surface area contributed by atoms with Gasteiger partial charge in [-0.15, -0.1) is 0 Å². The number of carbonyl (C=O) groups is 2. The van der Waals surface area contributed by atoms with Crippen LogP contribution in [0.3, 0.4) is 0 Å². The van der Waals surface area contributed by atoms with Crippen molar-refractivity contribution >= 4 is 12.4 Å². The number of carbonyl (C=O) groups excluding carboxylic acids is 2. The third kappa shape index (κ3) is 2.36. The van der Waals surface area contributed by atoms with E-state index in [1.54, 1.807) is 20.8 Å². The SMILES string of the molecule is CC(C)(C)OC(=O)N1NC2C=CC=CC2=C1C=O. The molecule has 0 aromatic rings. The van der Waals surface area contributed by atoms with Crippen LogP contribution in [0, 0.1) is 0 Å². The number of amides is 1. The third-order valence-electron chi connectivity index (χ3n) is 2.52. The fourth-order valence-corrected chi connectivity index (χ4v) is 1.82. The average molecular weight is 248 g/mol. The summed E-state index contributed by atoms with van der Waals surface area (Å²) in [6.45, 7) is 5.34. The van der Waals surface area contributed by atoms with Crippen molar-refractivity contribution in [2.24, 2.45) is 0 Å². The predicted molar refractivity (Wildman–Crippen MR) is 66.4 cm³/mol. The monoisotopic (exact) mass is 248 g/mol. The molecule has 0 aromatic heterocycles. The minimum Gasteiger partial charge on any atom is -0.442 e. The molecule has 1 atom stereocenters. The highest BCUT2D eigenvalue weighted by atomic mass is 16.6. The molecule has 0 saturated heterocycles. The molecule has 1 heterocycles. The second-order valence-corrected chi connectivity index (χ2v) is 5.12. The van der Waals surface area contributed by atoms with E-state index >= 15 is 0 Å². The standard InChI is InChI=1S/C13H16N2O3/c1-13(2,3)18-12(17)15-11(8-16)9-6-4-5-7-10(9)14-15/h4-8,10,14H,1-3H3. The molecule has 1 N–H and O–H groups in total. The lowest BCUT2D eigenvalue weighted by atomic mass is 10.0. The van der Waals surface area contributed by atoms with E-state index in [-0.39, 0.29) is 6.04 Å². The van der Waals surface area contributed by atoms with Gasteiger partial charge < -0.3 is 4.74 Å². The summed E-state index contributed by atoms with van der Waals surface area (Å²) in [7, 11) is 0. The van der Waals surface area contributed by atoms with E-state index in [1.165, 1.54) is 0 Å². The minimum absolute atomic E-state index is 0.150. The highest BCUT2D eigenvalue weighted by Gasteiger charge is 2.35. The third-order valence-corrected chi connectivity index (χ3v) is 2.52. The van der Waals surface area contributed by atoms with Gasteiger partial charge in [0, 0.05) is 5.57 Å². The topological polar surface area (TPSA) is 58.6 Å². The van der Waals surface area contributed by atoms with Gasteiger partial charge in [-0.1, -0.05) is 24.3 Å². The molecule has 1 aliphatic heterocycles. The molecule has 96 valence electrons. The zero-order chi connectivity index (χ0) is 13.3. The molecule has 5 nitrogen and oxygen atoms in total. The molecule has 2 aliphatic rings.